The largest absolute Gasteiger partial charge is 0.463 e. The Hall–Kier alpha value is -4.46. The van der Waals surface area contributed by atoms with Crippen LogP contribution in [0.5, 0.6) is 0 Å². The van der Waals surface area contributed by atoms with Gasteiger partial charge >= 0.3 is 35.8 Å². The van der Waals surface area contributed by atoms with E-state index in [2.05, 4.69) is 26.3 Å². The Morgan fingerprint density at radius 3 is 1.10 bits per heavy atom. The maximum atomic E-state index is 12.2. The molecule has 8 heterocycles. The molecule has 0 aromatic rings. The van der Waals surface area contributed by atoms with Crippen LogP contribution < -0.4 is 0 Å². The van der Waals surface area contributed by atoms with Crippen molar-refractivity contribution in [3.8, 4) is 0 Å². The van der Waals surface area contributed by atoms with E-state index in [4.69, 9.17) is 47.4 Å². The average molecular weight is 1210 g/mol. The number of ether oxygens (including phenoxy) is 10. The van der Waals surface area contributed by atoms with Crippen molar-refractivity contribution in [2.45, 2.75) is 291 Å². The van der Waals surface area contributed by atoms with E-state index in [1.165, 1.54) is 13.8 Å². The molecule has 2 N–H and O–H groups in total. The van der Waals surface area contributed by atoms with Crippen LogP contribution in [-0.2, 0) is 76.1 Å². The molecule has 12 unspecified atom stereocenters. The van der Waals surface area contributed by atoms with Crippen LogP contribution in [0.1, 0.15) is 221 Å². The van der Waals surface area contributed by atoms with Gasteiger partial charge in [-0.2, -0.15) is 0 Å². The summed E-state index contributed by atoms with van der Waals surface area (Å²) < 4.78 is 58.7. The molecule has 0 radical (unpaired) electrons. The molecule has 86 heavy (non-hydrogen) atoms. The van der Waals surface area contributed by atoms with Gasteiger partial charge in [-0.25, -0.2) is 19.2 Å². The van der Waals surface area contributed by atoms with Gasteiger partial charge in [-0.1, -0.05) is 26.3 Å². The zero-order chi connectivity index (χ0) is 62.1. The molecule has 480 valence electrons. The van der Waals surface area contributed by atoms with Gasteiger partial charge in [0, 0.05) is 59.8 Å². The van der Waals surface area contributed by atoms with E-state index in [1.807, 2.05) is 0 Å². The smallest absolute Gasteiger partial charge is 0.333 e. The molecule has 12 rings (SSSR count). The summed E-state index contributed by atoms with van der Waals surface area (Å²) >= 11 is 0. The molecular formula is C68H100O18. The molecule has 4 aliphatic carbocycles. The van der Waals surface area contributed by atoms with Gasteiger partial charge in [-0.3, -0.25) is 9.59 Å². The van der Waals surface area contributed by atoms with Gasteiger partial charge < -0.3 is 57.6 Å². The molecule has 12 atom stereocenters. The second-order valence-corrected chi connectivity index (χ2v) is 28.3. The van der Waals surface area contributed by atoms with Gasteiger partial charge in [0.15, 0.2) is 0 Å². The first-order chi connectivity index (χ1) is 40.7. The minimum atomic E-state index is -0.495. The van der Waals surface area contributed by atoms with E-state index in [0.717, 1.165) is 180 Å². The minimum Gasteiger partial charge on any atom is -0.463 e. The van der Waals surface area contributed by atoms with Crippen LogP contribution in [0.25, 0.3) is 0 Å². The van der Waals surface area contributed by atoms with Crippen molar-refractivity contribution >= 4 is 35.8 Å². The van der Waals surface area contributed by atoms with Gasteiger partial charge in [-0.15, -0.1) is 0 Å². The molecule has 4 saturated carbocycles. The van der Waals surface area contributed by atoms with Crippen molar-refractivity contribution in [1.29, 1.82) is 0 Å². The number of hydrogen-bond acceptors (Lipinski definition) is 18. The number of aliphatic hydroxyl groups is 2. The predicted molar refractivity (Wildman–Crippen MR) is 316 cm³/mol. The summed E-state index contributed by atoms with van der Waals surface area (Å²) in [6, 6.07) is 0. The lowest BCUT2D eigenvalue weighted by molar-refractivity contribution is -0.178. The summed E-state index contributed by atoms with van der Waals surface area (Å²) in [5, 5.41) is 19.5. The van der Waals surface area contributed by atoms with Crippen molar-refractivity contribution in [1.82, 2.24) is 0 Å². The molecule has 0 amide bonds. The second kappa shape index (κ2) is 26.2. The third kappa shape index (κ3) is 13.4. The fraction of sp³-hybridized carbons (Fsp3) is 0.794. The lowest BCUT2D eigenvalue weighted by atomic mass is 9.68. The number of carbonyl (C=O) groups is 6. The van der Waals surface area contributed by atoms with Crippen molar-refractivity contribution in [2.24, 2.45) is 23.7 Å². The van der Waals surface area contributed by atoms with Crippen LogP contribution in [0.4, 0.5) is 0 Å². The highest BCUT2D eigenvalue weighted by molar-refractivity contribution is 5.88. The first kappa shape index (κ1) is 66.0. The Kier molecular flexibility index (Phi) is 20.1. The summed E-state index contributed by atoms with van der Waals surface area (Å²) in [7, 11) is 0. The predicted octanol–water partition coefficient (Wildman–Crippen LogP) is 10.5. The summed E-state index contributed by atoms with van der Waals surface area (Å²) in [5.74, 6) is -1.14. The van der Waals surface area contributed by atoms with Crippen molar-refractivity contribution in [3.63, 3.8) is 0 Å². The van der Waals surface area contributed by atoms with Gasteiger partial charge in [-0.05, 0) is 207 Å². The zero-order valence-corrected chi connectivity index (χ0v) is 52.5. The first-order valence-electron chi connectivity index (χ1n) is 32.5. The van der Waals surface area contributed by atoms with E-state index in [0.29, 0.717) is 28.9 Å². The summed E-state index contributed by atoms with van der Waals surface area (Å²) in [6.07, 6.45) is 27.2. The summed E-state index contributed by atoms with van der Waals surface area (Å²) in [6.45, 7) is 25.0. The van der Waals surface area contributed by atoms with E-state index in [1.54, 1.807) is 27.7 Å². The SMILES string of the molecule is C=C(C)C(=O)OC1(C2CC3(CO)CCC2O3)CCCC1.C=C(C)C(=O)OC1(C2CC3(COC(C)=O)CCC2O3)CCCC1.C=C(C)C(=O)OC1(C2CC3CCC2(CO)O3)CCCC1.C=C(C)C(=O)OC1(C2CC3CCC2(COC(C)=O)O3)CCCC1. The zero-order valence-electron chi connectivity index (χ0n) is 52.5. The monoisotopic (exact) mass is 1200 g/mol. The van der Waals surface area contributed by atoms with Crippen LogP contribution in [0, 0.1) is 23.7 Å². The van der Waals surface area contributed by atoms with Crippen LogP contribution in [0.3, 0.4) is 0 Å². The van der Waals surface area contributed by atoms with Crippen molar-refractivity contribution in [2.75, 3.05) is 26.4 Å². The van der Waals surface area contributed by atoms with Crippen LogP contribution in [0.2, 0.25) is 0 Å². The average Bonchev–Trinajstić information content (AvgIpc) is 1.79. The van der Waals surface area contributed by atoms with Gasteiger partial charge in [0.1, 0.15) is 46.8 Å². The highest BCUT2D eigenvalue weighted by atomic mass is 16.6. The van der Waals surface area contributed by atoms with Crippen LogP contribution in [-0.4, -0.2) is 142 Å². The first-order valence-corrected chi connectivity index (χ1v) is 32.5. The second-order valence-electron chi connectivity index (χ2n) is 28.3. The number of rotatable bonds is 18. The van der Waals surface area contributed by atoms with Crippen LogP contribution in [0.15, 0.2) is 48.6 Å². The normalized spacial score (nSPS) is 36.1. The maximum absolute atomic E-state index is 12.2. The molecular weight excluding hydrogens is 1100 g/mol. The highest BCUT2D eigenvalue weighted by Crippen LogP contribution is 2.60. The molecule has 0 spiro atoms. The van der Waals surface area contributed by atoms with E-state index < -0.39 is 33.6 Å². The van der Waals surface area contributed by atoms with E-state index in [-0.39, 0.29) is 115 Å². The number of carbonyl (C=O) groups excluding carboxylic acids is 6. The molecule has 0 aromatic carbocycles. The third-order valence-electron chi connectivity index (χ3n) is 22.1. The minimum absolute atomic E-state index is 0.0283. The van der Waals surface area contributed by atoms with Crippen molar-refractivity contribution < 1.29 is 86.3 Å². The number of esters is 6. The number of fused-ring (bicyclic) bond motifs is 8. The Bertz CT molecular complexity index is 2580. The standard InChI is InChI=1S/2C18H26O5.2C16H24O4/c1-12(2)16(20)23-18(7-4-5-8-18)14-10-17(11-21-13(3)19)9-6-15(14)22-17;1-12(2)16(20)23-17(7-4-5-8-17)15-10-14-6-9-18(15,22-14)11-21-13(3)19;1-11(2)14(18)20-16(6-3-4-7-16)12-9-15(10-17)8-5-13(12)19-15;1-11(2)14(18)20-15(6-3-4-7-15)13-9-12-5-8-16(13,10-17)19-12/h2*14-15H,1,4-11H2,2-3H3;2*12-13,17H,1,3-10H2,2H3. The number of hydrogen-bond donors (Lipinski definition) is 2. The lowest BCUT2D eigenvalue weighted by Crippen LogP contribution is -2.53. The Labute approximate surface area is 509 Å². The summed E-state index contributed by atoms with van der Waals surface area (Å²) in [5.41, 5.74) is -1.73. The van der Waals surface area contributed by atoms with E-state index in [9.17, 15) is 39.0 Å². The van der Waals surface area contributed by atoms with Gasteiger partial charge in [0.05, 0.1) is 48.8 Å². The van der Waals surface area contributed by atoms with Crippen LogP contribution >= 0.6 is 0 Å². The summed E-state index contributed by atoms with van der Waals surface area (Å²) in [4.78, 5) is 70.8. The van der Waals surface area contributed by atoms with Crippen molar-refractivity contribution in [3.05, 3.63) is 48.6 Å². The fourth-order valence-corrected chi connectivity index (χ4v) is 17.9. The Morgan fingerprint density at radius 2 is 0.744 bits per heavy atom. The van der Waals surface area contributed by atoms with Gasteiger partial charge in [0.2, 0.25) is 0 Å². The third-order valence-corrected chi connectivity index (χ3v) is 22.1. The molecule has 8 aliphatic heterocycles. The lowest BCUT2D eigenvalue weighted by Gasteiger charge is -2.43. The molecule has 18 heteroatoms. The molecule has 12 aliphatic rings. The molecule has 0 aromatic heterocycles. The number of aliphatic hydroxyl groups excluding tert-OH is 2. The molecule has 18 nitrogen and oxygen atoms in total. The molecule has 12 fully saturated rings. The highest BCUT2D eigenvalue weighted by Gasteiger charge is 2.66. The van der Waals surface area contributed by atoms with E-state index >= 15 is 0 Å². The quantitative estimate of drug-likeness (QED) is 0.0737. The Balaban J connectivity index is 0.000000137. The molecule has 8 bridgehead atoms. The topological polar surface area (TPSA) is 235 Å². The van der Waals surface area contributed by atoms with Gasteiger partial charge in [0.25, 0.3) is 0 Å². The fourth-order valence-electron chi connectivity index (χ4n) is 17.9. The maximum Gasteiger partial charge on any atom is 0.333 e. The Morgan fingerprint density at radius 1 is 0.407 bits per heavy atom. The molecule has 8 saturated heterocycles.